The minimum Gasteiger partial charge on any atom is -0.497 e. The third kappa shape index (κ3) is 3.65. The van der Waals surface area contributed by atoms with Gasteiger partial charge in [0.25, 0.3) is 0 Å². The minimum atomic E-state index is 0.136. The molecule has 1 aliphatic carbocycles. The summed E-state index contributed by atoms with van der Waals surface area (Å²) in [5, 5.41) is 0. The second kappa shape index (κ2) is 7.81. The lowest BCUT2D eigenvalue weighted by molar-refractivity contribution is 0.399. The van der Waals surface area contributed by atoms with Crippen molar-refractivity contribution >= 4 is 23.5 Å². The highest BCUT2D eigenvalue weighted by Gasteiger charge is 2.49. The van der Waals surface area contributed by atoms with E-state index in [0.29, 0.717) is 5.92 Å². The van der Waals surface area contributed by atoms with Gasteiger partial charge in [0, 0.05) is 15.7 Å². The minimum absolute atomic E-state index is 0.136. The Morgan fingerprint density at radius 3 is 1.73 bits per heavy atom. The van der Waals surface area contributed by atoms with Crippen molar-refractivity contribution in [3.63, 3.8) is 0 Å². The first-order valence-corrected chi connectivity index (χ1v) is 10.5. The Bertz CT molecular complexity index is 790. The molecule has 1 nitrogen and oxygen atoms in total. The van der Waals surface area contributed by atoms with Crippen molar-refractivity contribution in [2.75, 3.05) is 7.11 Å². The van der Waals surface area contributed by atoms with E-state index in [4.69, 9.17) is 4.74 Å². The molecule has 0 amide bonds. The molecule has 0 radical (unpaired) electrons. The van der Waals surface area contributed by atoms with E-state index < -0.39 is 0 Å². The van der Waals surface area contributed by atoms with Crippen molar-refractivity contribution in [2.45, 2.75) is 32.6 Å². The zero-order valence-corrected chi connectivity index (χ0v) is 16.4. The Morgan fingerprint density at radius 1 is 0.769 bits per heavy atom. The predicted molar refractivity (Wildman–Crippen MR) is 112 cm³/mol. The highest BCUT2D eigenvalue weighted by atomic mass is 32.2. The van der Waals surface area contributed by atoms with E-state index in [2.05, 4.69) is 84.9 Å². The highest BCUT2D eigenvalue weighted by molar-refractivity contribution is 8.18. The first-order chi connectivity index (χ1) is 12.8. The summed E-state index contributed by atoms with van der Waals surface area (Å²) in [7, 11) is 1.72. The van der Waals surface area contributed by atoms with Gasteiger partial charge in [-0.3, -0.25) is 0 Å². The van der Waals surface area contributed by atoms with E-state index in [9.17, 15) is 0 Å². The van der Waals surface area contributed by atoms with Crippen molar-refractivity contribution in [3.05, 3.63) is 90.5 Å². The van der Waals surface area contributed by atoms with Crippen LogP contribution in [-0.2, 0) is 0 Å². The van der Waals surface area contributed by atoms with Gasteiger partial charge in [0.1, 0.15) is 5.75 Å². The van der Waals surface area contributed by atoms with Crippen LogP contribution in [-0.4, -0.2) is 11.2 Å². The largest absolute Gasteiger partial charge is 0.497 e. The van der Waals surface area contributed by atoms with E-state index in [-0.39, 0.29) is 4.08 Å². The third-order valence-corrected chi connectivity index (χ3v) is 8.08. The molecule has 132 valence electrons. The van der Waals surface area contributed by atoms with Gasteiger partial charge in [-0.1, -0.05) is 48.5 Å². The maximum Gasteiger partial charge on any atom is 0.118 e. The Hall–Kier alpha value is -1.84. The van der Waals surface area contributed by atoms with Crippen molar-refractivity contribution in [2.24, 2.45) is 0 Å². The summed E-state index contributed by atoms with van der Waals surface area (Å²) in [6, 6.07) is 30.2. The molecule has 1 unspecified atom stereocenters. The molecule has 1 aliphatic rings. The van der Waals surface area contributed by atoms with Gasteiger partial charge in [0.15, 0.2) is 0 Å². The molecule has 1 saturated carbocycles. The van der Waals surface area contributed by atoms with Crippen LogP contribution in [0.25, 0.3) is 0 Å². The smallest absolute Gasteiger partial charge is 0.118 e. The lowest BCUT2D eigenvalue weighted by Gasteiger charge is -2.49. The summed E-state index contributed by atoms with van der Waals surface area (Å²) < 4.78 is 5.47. The fraction of sp³-hybridized carbons (Fsp3) is 0.217. The SMILES string of the molecule is COc1ccc(C2CCC2(Sc2ccccc2)Sc2ccccc2)cc1. The molecule has 1 fully saturated rings. The molecule has 0 heterocycles. The van der Waals surface area contributed by atoms with Gasteiger partial charge in [0.2, 0.25) is 0 Å². The van der Waals surface area contributed by atoms with Gasteiger partial charge in [-0.2, -0.15) is 0 Å². The quantitative estimate of drug-likeness (QED) is 0.434. The van der Waals surface area contributed by atoms with E-state index in [1.165, 1.54) is 28.2 Å². The van der Waals surface area contributed by atoms with Crippen molar-refractivity contribution in [3.8, 4) is 5.75 Å². The van der Waals surface area contributed by atoms with Gasteiger partial charge in [-0.05, 0) is 54.8 Å². The van der Waals surface area contributed by atoms with Crippen LogP contribution in [0, 0.1) is 0 Å². The fourth-order valence-corrected chi connectivity index (χ4v) is 6.78. The molecular weight excluding hydrogens is 356 g/mol. The topological polar surface area (TPSA) is 9.23 Å². The summed E-state index contributed by atoms with van der Waals surface area (Å²) in [5.74, 6) is 1.45. The Morgan fingerprint density at radius 2 is 1.31 bits per heavy atom. The summed E-state index contributed by atoms with van der Waals surface area (Å²) in [4.78, 5) is 2.68. The third-order valence-electron chi connectivity index (χ3n) is 4.90. The van der Waals surface area contributed by atoms with E-state index in [0.717, 1.165) is 5.75 Å². The standard InChI is InChI=1S/C23H22OS2/c1-24-19-14-12-18(13-15-19)22-16-17-23(22,25-20-8-4-2-5-9-20)26-21-10-6-3-7-11-21/h2-15,22H,16-17H2,1H3. The predicted octanol–water partition coefficient (Wildman–Crippen LogP) is 6.85. The molecule has 3 aromatic carbocycles. The Kier molecular flexibility index (Phi) is 5.28. The molecular formula is C23H22OS2. The summed E-state index contributed by atoms with van der Waals surface area (Å²) in [6.45, 7) is 0. The zero-order valence-electron chi connectivity index (χ0n) is 14.8. The number of benzene rings is 3. The number of ether oxygens (including phenoxy) is 1. The second-order valence-corrected chi connectivity index (χ2v) is 9.57. The maximum atomic E-state index is 5.33. The number of hydrogen-bond donors (Lipinski definition) is 0. The first-order valence-electron chi connectivity index (χ1n) is 8.91. The average molecular weight is 379 g/mol. The molecule has 26 heavy (non-hydrogen) atoms. The Labute approximate surface area is 164 Å². The van der Waals surface area contributed by atoms with Gasteiger partial charge in [0.05, 0.1) is 11.2 Å². The molecule has 0 aliphatic heterocycles. The zero-order chi connectivity index (χ0) is 17.8. The number of rotatable bonds is 6. The molecule has 1 atom stereocenters. The summed E-state index contributed by atoms with van der Waals surface area (Å²) >= 11 is 4.03. The van der Waals surface area contributed by atoms with Gasteiger partial charge in [-0.15, -0.1) is 23.5 Å². The monoisotopic (exact) mass is 378 g/mol. The summed E-state index contributed by atoms with van der Waals surface area (Å²) in [5.41, 5.74) is 1.41. The number of methoxy groups -OCH3 is 1. The lowest BCUT2D eigenvalue weighted by Crippen LogP contribution is -2.39. The van der Waals surface area contributed by atoms with E-state index in [1.807, 2.05) is 23.5 Å². The van der Waals surface area contributed by atoms with Gasteiger partial charge in [-0.25, -0.2) is 0 Å². The number of hydrogen-bond acceptors (Lipinski definition) is 3. The molecule has 3 heteroatoms. The first kappa shape index (κ1) is 17.6. The van der Waals surface area contributed by atoms with Gasteiger partial charge < -0.3 is 4.74 Å². The molecule has 4 rings (SSSR count). The normalized spacial score (nSPS) is 18.1. The molecule has 0 saturated heterocycles. The van der Waals surface area contributed by atoms with E-state index in [1.54, 1.807) is 7.11 Å². The van der Waals surface area contributed by atoms with E-state index >= 15 is 0 Å². The number of thioether (sulfide) groups is 2. The molecule has 0 spiro atoms. The van der Waals surface area contributed by atoms with Crippen LogP contribution in [0.3, 0.4) is 0 Å². The lowest BCUT2D eigenvalue weighted by atomic mass is 9.78. The van der Waals surface area contributed by atoms with Crippen molar-refractivity contribution in [1.29, 1.82) is 0 Å². The molecule has 0 N–H and O–H groups in total. The Balaban J connectivity index is 1.65. The fourth-order valence-electron chi connectivity index (χ4n) is 3.42. The van der Waals surface area contributed by atoms with Crippen molar-refractivity contribution in [1.82, 2.24) is 0 Å². The van der Waals surface area contributed by atoms with Crippen LogP contribution in [0.15, 0.2) is 94.7 Å². The molecule has 3 aromatic rings. The van der Waals surface area contributed by atoms with Crippen LogP contribution in [0.5, 0.6) is 5.75 Å². The average Bonchev–Trinajstić information content (AvgIpc) is 2.69. The van der Waals surface area contributed by atoms with Crippen LogP contribution >= 0.6 is 23.5 Å². The maximum absolute atomic E-state index is 5.33. The van der Waals surface area contributed by atoms with Crippen LogP contribution in [0.1, 0.15) is 24.3 Å². The second-order valence-electron chi connectivity index (χ2n) is 6.51. The van der Waals surface area contributed by atoms with Crippen molar-refractivity contribution < 1.29 is 4.74 Å². The van der Waals surface area contributed by atoms with Crippen LogP contribution < -0.4 is 4.74 Å². The van der Waals surface area contributed by atoms with Crippen LogP contribution in [0.2, 0.25) is 0 Å². The van der Waals surface area contributed by atoms with Gasteiger partial charge >= 0.3 is 0 Å². The highest BCUT2D eigenvalue weighted by Crippen LogP contribution is 2.64. The summed E-state index contributed by atoms with van der Waals surface area (Å²) in [6.07, 6.45) is 2.44. The molecule has 0 bridgehead atoms. The van der Waals surface area contributed by atoms with Crippen LogP contribution in [0.4, 0.5) is 0 Å². The molecule has 0 aromatic heterocycles.